The van der Waals surface area contributed by atoms with Gasteiger partial charge in [-0.1, -0.05) is 0 Å². The van der Waals surface area contributed by atoms with E-state index in [1.54, 1.807) is 6.92 Å². The standard InChI is InChI=1S/C16H28N2O5/c1-2-22-15(20)10-7-11-17-23-16(21)9-6-8-14(19)18-12-4-3-5-13-18/h17H,2-13H2,1H3. The molecule has 7 heteroatoms. The smallest absolute Gasteiger partial charge is 0.324 e. The van der Waals surface area contributed by atoms with Crippen LogP contribution in [0.15, 0.2) is 0 Å². The molecule has 0 aromatic carbocycles. The number of nitrogens with one attached hydrogen (secondary N) is 1. The molecule has 1 saturated heterocycles. The van der Waals surface area contributed by atoms with E-state index in [1.807, 2.05) is 4.90 Å². The zero-order valence-corrected chi connectivity index (χ0v) is 14.0. The highest BCUT2D eigenvalue weighted by Gasteiger charge is 2.16. The third kappa shape index (κ3) is 9.18. The van der Waals surface area contributed by atoms with Crippen LogP contribution in [0.2, 0.25) is 0 Å². The molecule has 1 fully saturated rings. The molecule has 1 heterocycles. The summed E-state index contributed by atoms with van der Waals surface area (Å²) >= 11 is 0. The van der Waals surface area contributed by atoms with E-state index in [2.05, 4.69) is 5.48 Å². The molecule has 7 nitrogen and oxygen atoms in total. The summed E-state index contributed by atoms with van der Waals surface area (Å²) in [7, 11) is 0. The first kappa shape index (κ1) is 19.4. The largest absolute Gasteiger partial charge is 0.466 e. The molecule has 0 bridgehead atoms. The number of rotatable bonds is 10. The van der Waals surface area contributed by atoms with Crippen molar-refractivity contribution < 1.29 is 24.0 Å². The number of amides is 1. The lowest BCUT2D eigenvalue weighted by atomic mass is 10.1. The first-order chi connectivity index (χ1) is 11.1. The first-order valence-corrected chi connectivity index (χ1v) is 8.49. The van der Waals surface area contributed by atoms with Crippen molar-refractivity contribution in [2.24, 2.45) is 0 Å². The lowest BCUT2D eigenvalue weighted by Gasteiger charge is -2.26. The Morgan fingerprint density at radius 3 is 2.35 bits per heavy atom. The molecule has 1 amide bonds. The minimum atomic E-state index is -0.382. The van der Waals surface area contributed by atoms with E-state index in [0.29, 0.717) is 38.8 Å². The second-order valence-corrected chi connectivity index (χ2v) is 5.57. The van der Waals surface area contributed by atoms with Crippen LogP contribution in [0.25, 0.3) is 0 Å². The molecular weight excluding hydrogens is 300 g/mol. The lowest BCUT2D eigenvalue weighted by molar-refractivity contribution is -0.151. The van der Waals surface area contributed by atoms with Crippen LogP contribution >= 0.6 is 0 Å². The summed E-state index contributed by atoms with van der Waals surface area (Å²) in [6.45, 7) is 4.21. The number of piperidine rings is 1. The highest BCUT2D eigenvalue weighted by Crippen LogP contribution is 2.11. The molecule has 0 radical (unpaired) electrons. The molecule has 0 atom stereocenters. The molecule has 1 rings (SSSR count). The summed E-state index contributed by atoms with van der Waals surface area (Å²) in [6.07, 6.45) is 5.27. The molecule has 1 aliphatic heterocycles. The van der Waals surface area contributed by atoms with E-state index in [0.717, 1.165) is 25.9 Å². The minimum Gasteiger partial charge on any atom is -0.466 e. The topological polar surface area (TPSA) is 84.9 Å². The molecule has 23 heavy (non-hydrogen) atoms. The van der Waals surface area contributed by atoms with Gasteiger partial charge < -0.3 is 14.5 Å². The fourth-order valence-electron chi connectivity index (χ4n) is 2.41. The Morgan fingerprint density at radius 2 is 1.65 bits per heavy atom. The van der Waals surface area contributed by atoms with Crippen LogP contribution in [0.4, 0.5) is 0 Å². The Balaban J connectivity index is 1.97. The first-order valence-electron chi connectivity index (χ1n) is 8.49. The number of carbonyl (C=O) groups excluding carboxylic acids is 3. The number of carbonyl (C=O) groups is 3. The van der Waals surface area contributed by atoms with Gasteiger partial charge in [0.25, 0.3) is 0 Å². The van der Waals surface area contributed by atoms with Gasteiger partial charge in [0.2, 0.25) is 5.91 Å². The number of hydrogen-bond donors (Lipinski definition) is 1. The van der Waals surface area contributed by atoms with Gasteiger partial charge in [0.15, 0.2) is 0 Å². The van der Waals surface area contributed by atoms with Crippen LogP contribution in [0, 0.1) is 0 Å². The van der Waals surface area contributed by atoms with Gasteiger partial charge >= 0.3 is 11.9 Å². The maximum absolute atomic E-state index is 11.9. The monoisotopic (exact) mass is 328 g/mol. The zero-order valence-electron chi connectivity index (χ0n) is 14.0. The van der Waals surface area contributed by atoms with E-state index in [9.17, 15) is 14.4 Å². The normalized spacial score (nSPS) is 14.4. The number of nitrogens with zero attached hydrogens (tertiary/aromatic N) is 1. The summed E-state index contributed by atoms with van der Waals surface area (Å²) < 4.78 is 4.78. The van der Waals surface area contributed by atoms with E-state index in [1.165, 1.54) is 6.42 Å². The number of likely N-dealkylation sites (tertiary alicyclic amines) is 1. The molecule has 0 aromatic rings. The van der Waals surface area contributed by atoms with Gasteiger partial charge in [-0.25, -0.2) is 0 Å². The summed E-state index contributed by atoms with van der Waals surface area (Å²) in [6, 6.07) is 0. The Hall–Kier alpha value is -1.63. The highest BCUT2D eigenvalue weighted by atomic mass is 16.7. The number of hydrogen-bond acceptors (Lipinski definition) is 6. The molecule has 0 aromatic heterocycles. The Morgan fingerprint density at radius 1 is 0.957 bits per heavy atom. The number of esters is 1. The van der Waals surface area contributed by atoms with E-state index in [-0.39, 0.29) is 24.3 Å². The number of ether oxygens (including phenoxy) is 1. The summed E-state index contributed by atoms with van der Waals surface area (Å²) in [5.41, 5.74) is 2.53. The van der Waals surface area contributed by atoms with Gasteiger partial charge in [-0.2, -0.15) is 5.48 Å². The van der Waals surface area contributed by atoms with Crippen LogP contribution in [-0.4, -0.2) is 49.0 Å². The molecule has 0 spiro atoms. The Bertz CT molecular complexity index is 381. The highest BCUT2D eigenvalue weighted by molar-refractivity contribution is 5.77. The fourth-order valence-corrected chi connectivity index (χ4v) is 2.41. The van der Waals surface area contributed by atoms with Crippen molar-refractivity contribution >= 4 is 17.8 Å². The Labute approximate surface area is 137 Å². The number of hydroxylamine groups is 1. The molecule has 0 saturated carbocycles. The van der Waals surface area contributed by atoms with Gasteiger partial charge in [0.05, 0.1) is 6.61 Å². The second kappa shape index (κ2) is 11.9. The SMILES string of the molecule is CCOC(=O)CCCNOC(=O)CCCC(=O)N1CCCCC1. The maximum Gasteiger partial charge on any atom is 0.324 e. The van der Waals surface area contributed by atoms with Crippen molar-refractivity contribution in [3.63, 3.8) is 0 Å². The summed E-state index contributed by atoms with van der Waals surface area (Å²) in [5.74, 6) is -0.510. The van der Waals surface area contributed by atoms with E-state index in [4.69, 9.17) is 9.57 Å². The van der Waals surface area contributed by atoms with Crippen molar-refractivity contribution in [2.45, 2.75) is 58.3 Å². The molecule has 1 N–H and O–H groups in total. The molecule has 132 valence electrons. The van der Waals surface area contributed by atoms with E-state index >= 15 is 0 Å². The van der Waals surface area contributed by atoms with Gasteiger partial charge in [0.1, 0.15) is 0 Å². The van der Waals surface area contributed by atoms with Crippen molar-refractivity contribution in [1.29, 1.82) is 0 Å². The van der Waals surface area contributed by atoms with Gasteiger partial charge in [-0.05, 0) is 39.0 Å². The van der Waals surface area contributed by atoms with Crippen LogP contribution in [0.5, 0.6) is 0 Å². The molecule has 0 aliphatic carbocycles. The zero-order chi connectivity index (χ0) is 16.9. The summed E-state index contributed by atoms with van der Waals surface area (Å²) in [5, 5.41) is 0. The van der Waals surface area contributed by atoms with Crippen LogP contribution in [-0.2, 0) is 24.0 Å². The van der Waals surface area contributed by atoms with Crippen LogP contribution in [0.3, 0.4) is 0 Å². The fraction of sp³-hybridized carbons (Fsp3) is 0.812. The quantitative estimate of drug-likeness (QED) is 0.372. The molecule has 0 unspecified atom stereocenters. The van der Waals surface area contributed by atoms with Gasteiger partial charge in [0, 0.05) is 38.9 Å². The van der Waals surface area contributed by atoms with Gasteiger partial charge in [-0.15, -0.1) is 0 Å². The van der Waals surface area contributed by atoms with Crippen molar-refractivity contribution in [2.75, 3.05) is 26.2 Å². The van der Waals surface area contributed by atoms with Crippen molar-refractivity contribution in [3.8, 4) is 0 Å². The van der Waals surface area contributed by atoms with Crippen molar-refractivity contribution in [3.05, 3.63) is 0 Å². The van der Waals surface area contributed by atoms with Gasteiger partial charge in [-0.3, -0.25) is 14.4 Å². The van der Waals surface area contributed by atoms with E-state index < -0.39 is 0 Å². The summed E-state index contributed by atoms with van der Waals surface area (Å²) in [4.78, 5) is 41.2. The predicted octanol–water partition coefficient (Wildman–Crippen LogP) is 1.56. The predicted molar refractivity (Wildman–Crippen MR) is 84.2 cm³/mol. The molecular formula is C16H28N2O5. The average Bonchev–Trinajstić information content (AvgIpc) is 2.55. The second-order valence-electron chi connectivity index (χ2n) is 5.57. The third-order valence-electron chi connectivity index (χ3n) is 3.63. The Kier molecular flexibility index (Phi) is 10.0. The van der Waals surface area contributed by atoms with Crippen LogP contribution in [0.1, 0.15) is 58.3 Å². The maximum atomic E-state index is 11.9. The lowest BCUT2D eigenvalue weighted by Crippen LogP contribution is -2.35. The van der Waals surface area contributed by atoms with Crippen molar-refractivity contribution in [1.82, 2.24) is 10.4 Å². The third-order valence-corrected chi connectivity index (χ3v) is 3.63. The molecule has 1 aliphatic rings. The van der Waals surface area contributed by atoms with Crippen LogP contribution < -0.4 is 5.48 Å². The average molecular weight is 328 g/mol. The minimum absolute atomic E-state index is 0.125.